The number of aromatic nitrogens is 2. The fourth-order valence-corrected chi connectivity index (χ4v) is 2.04. The lowest BCUT2D eigenvalue weighted by molar-refractivity contribution is 0.124. The average molecular weight is 286 g/mol. The number of anilines is 1. The highest BCUT2D eigenvalue weighted by Gasteiger charge is 2.11. The average Bonchev–Trinajstić information content (AvgIpc) is 2.66. The molecular formula is C13H17ClFN3O. The van der Waals surface area contributed by atoms with E-state index >= 15 is 0 Å². The predicted octanol–water partition coefficient (Wildman–Crippen LogP) is 3.23. The lowest BCUT2D eigenvalue weighted by Gasteiger charge is -2.07. The van der Waals surface area contributed by atoms with Crippen LogP contribution in [0.15, 0.2) is 12.1 Å². The maximum atomic E-state index is 13.3. The number of hydrogen-bond donors (Lipinski definition) is 1. The van der Waals surface area contributed by atoms with Crippen LogP contribution in [-0.2, 0) is 11.3 Å². The zero-order chi connectivity index (χ0) is 13.8. The Bertz CT molecular complexity index is 571. The summed E-state index contributed by atoms with van der Waals surface area (Å²) in [4.78, 5) is 4.12. The third-order valence-electron chi connectivity index (χ3n) is 2.92. The number of halogens is 2. The van der Waals surface area contributed by atoms with Crippen molar-refractivity contribution in [3.8, 4) is 0 Å². The first-order valence-corrected chi connectivity index (χ1v) is 6.69. The van der Waals surface area contributed by atoms with Gasteiger partial charge in [-0.15, -0.1) is 0 Å². The molecule has 2 N–H and O–H groups in total. The summed E-state index contributed by atoms with van der Waals surface area (Å²) in [5, 5.41) is 0.0700. The lowest BCUT2D eigenvalue weighted by atomic mass is 10.3. The summed E-state index contributed by atoms with van der Waals surface area (Å²) in [5.41, 5.74) is 7.06. The zero-order valence-corrected chi connectivity index (χ0v) is 11.6. The number of unbranched alkanes of at least 4 members (excludes halogenated alkanes) is 1. The van der Waals surface area contributed by atoms with E-state index < -0.39 is 5.82 Å². The minimum absolute atomic E-state index is 0.0700. The van der Waals surface area contributed by atoms with Crippen molar-refractivity contribution < 1.29 is 9.13 Å². The van der Waals surface area contributed by atoms with E-state index in [0.29, 0.717) is 24.6 Å². The molecule has 104 valence electrons. The summed E-state index contributed by atoms with van der Waals surface area (Å²) in [6.07, 6.45) is 2.14. The standard InChI is InChI=1S/C13H17ClFN3O/c1-2-3-5-19-6-4-18-12-7-9(14)10(15)8-11(12)17-13(18)16/h7-8H,2-6H2,1H3,(H2,16,17). The number of imidazole rings is 1. The smallest absolute Gasteiger partial charge is 0.201 e. The summed E-state index contributed by atoms with van der Waals surface area (Å²) in [6, 6.07) is 2.84. The second-order valence-corrected chi connectivity index (χ2v) is 4.75. The van der Waals surface area contributed by atoms with Crippen LogP contribution in [0.4, 0.5) is 10.3 Å². The van der Waals surface area contributed by atoms with Crippen molar-refractivity contribution in [3.05, 3.63) is 23.0 Å². The summed E-state index contributed by atoms with van der Waals surface area (Å²) < 4.78 is 20.6. The topological polar surface area (TPSA) is 53.1 Å². The molecule has 0 amide bonds. The van der Waals surface area contributed by atoms with E-state index in [0.717, 1.165) is 25.0 Å². The number of nitrogens with zero attached hydrogens (tertiary/aromatic N) is 2. The van der Waals surface area contributed by atoms with Crippen LogP contribution in [0.25, 0.3) is 11.0 Å². The molecule has 0 atom stereocenters. The molecule has 0 bridgehead atoms. The minimum atomic E-state index is -0.488. The fraction of sp³-hybridized carbons (Fsp3) is 0.462. The van der Waals surface area contributed by atoms with Crippen LogP contribution in [0.3, 0.4) is 0 Å². The molecule has 0 aliphatic carbocycles. The number of ether oxygens (including phenoxy) is 1. The summed E-state index contributed by atoms with van der Waals surface area (Å²) in [6.45, 7) is 3.97. The van der Waals surface area contributed by atoms with Crippen molar-refractivity contribution in [1.82, 2.24) is 9.55 Å². The SMILES string of the molecule is CCCCOCCn1c(N)nc2cc(F)c(Cl)cc21. The number of benzene rings is 1. The molecule has 4 nitrogen and oxygen atoms in total. The fourth-order valence-electron chi connectivity index (χ4n) is 1.88. The largest absolute Gasteiger partial charge is 0.380 e. The van der Waals surface area contributed by atoms with Gasteiger partial charge in [0.1, 0.15) is 5.82 Å². The summed E-state index contributed by atoms with van der Waals surface area (Å²) in [7, 11) is 0. The normalized spacial score (nSPS) is 11.3. The summed E-state index contributed by atoms with van der Waals surface area (Å²) in [5.74, 6) is -0.145. The van der Waals surface area contributed by atoms with Crippen molar-refractivity contribution in [2.45, 2.75) is 26.3 Å². The van der Waals surface area contributed by atoms with Gasteiger partial charge in [0, 0.05) is 19.2 Å². The first kappa shape index (κ1) is 14.1. The van der Waals surface area contributed by atoms with Crippen LogP contribution in [0, 0.1) is 5.82 Å². The van der Waals surface area contributed by atoms with E-state index in [1.54, 1.807) is 10.6 Å². The molecule has 0 unspecified atom stereocenters. The monoisotopic (exact) mass is 285 g/mol. The minimum Gasteiger partial charge on any atom is -0.380 e. The van der Waals surface area contributed by atoms with Gasteiger partial charge in [-0.3, -0.25) is 0 Å². The van der Waals surface area contributed by atoms with Gasteiger partial charge in [-0.05, 0) is 12.5 Å². The van der Waals surface area contributed by atoms with Gasteiger partial charge in [-0.1, -0.05) is 24.9 Å². The third-order valence-corrected chi connectivity index (χ3v) is 3.21. The van der Waals surface area contributed by atoms with Crippen molar-refractivity contribution in [2.24, 2.45) is 0 Å². The molecule has 2 aromatic rings. The molecule has 1 heterocycles. The van der Waals surface area contributed by atoms with Crippen molar-refractivity contribution in [1.29, 1.82) is 0 Å². The Morgan fingerprint density at radius 3 is 2.95 bits per heavy atom. The Balaban J connectivity index is 2.13. The highest BCUT2D eigenvalue weighted by Crippen LogP contribution is 2.24. The van der Waals surface area contributed by atoms with E-state index in [2.05, 4.69) is 11.9 Å². The van der Waals surface area contributed by atoms with Crippen molar-refractivity contribution in [3.63, 3.8) is 0 Å². The molecule has 1 aromatic carbocycles. The van der Waals surface area contributed by atoms with Crippen LogP contribution in [-0.4, -0.2) is 22.8 Å². The molecule has 0 aliphatic rings. The van der Waals surface area contributed by atoms with Crippen molar-refractivity contribution in [2.75, 3.05) is 18.9 Å². The number of rotatable bonds is 6. The Labute approximate surface area is 116 Å². The van der Waals surface area contributed by atoms with E-state index in [1.165, 1.54) is 6.07 Å². The maximum Gasteiger partial charge on any atom is 0.201 e. The van der Waals surface area contributed by atoms with Crippen LogP contribution < -0.4 is 5.73 Å². The Morgan fingerprint density at radius 1 is 1.42 bits per heavy atom. The van der Waals surface area contributed by atoms with Crippen LogP contribution >= 0.6 is 11.6 Å². The molecule has 0 saturated heterocycles. The van der Waals surface area contributed by atoms with Gasteiger partial charge in [0.25, 0.3) is 0 Å². The number of fused-ring (bicyclic) bond motifs is 1. The molecule has 1 aromatic heterocycles. The Kier molecular flexibility index (Phi) is 4.61. The first-order valence-electron chi connectivity index (χ1n) is 6.32. The van der Waals surface area contributed by atoms with Crippen LogP contribution in [0.2, 0.25) is 5.02 Å². The van der Waals surface area contributed by atoms with Gasteiger partial charge in [0.05, 0.1) is 22.7 Å². The van der Waals surface area contributed by atoms with Crippen LogP contribution in [0.5, 0.6) is 0 Å². The maximum absolute atomic E-state index is 13.3. The van der Waals surface area contributed by atoms with Crippen LogP contribution in [0.1, 0.15) is 19.8 Å². The van der Waals surface area contributed by atoms with Gasteiger partial charge in [-0.25, -0.2) is 9.37 Å². The molecule has 0 saturated carbocycles. The predicted molar refractivity (Wildman–Crippen MR) is 74.8 cm³/mol. The third kappa shape index (κ3) is 3.16. The second kappa shape index (κ2) is 6.21. The summed E-state index contributed by atoms with van der Waals surface area (Å²) >= 11 is 5.78. The van der Waals surface area contributed by atoms with Gasteiger partial charge in [0.2, 0.25) is 5.95 Å². The van der Waals surface area contributed by atoms with Crippen molar-refractivity contribution >= 4 is 28.6 Å². The Hall–Kier alpha value is -1.33. The number of nitrogen functional groups attached to an aromatic ring is 1. The van der Waals surface area contributed by atoms with Gasteiger partial charge in [-0.2, -0.15) is 0 Å². The zero-order valence-electron chi connectivity index (χ0n) is 10.8. The van der Waals surface area contributed by atoms with E-state index in [-0.39, 0.29) is 5.02 Å². The van der Waals surface area contributed by atoms with E-state index in [9.17, 15) is 4.39 Å². The molecule has 0 aliphatic heterocycles. The highest BCUT2D eigenvalue weighted by atomic mass is 35.5. The molecular weight excluding hydrogens is 269 g/mol. The molecule has 0 fully saturated rings. The second-order valence-electron chi connectivity index (χ2n) is 4.34. The Morgan fingerprint density at radius 2 is 2.21 bits per heavy atom. The van der Waals surface area contributed by atoms with E-state index in [4.69, 9.17) is 22.1 Å². The molecule has 19 heavy (non-hydrogen) atoms. The quantitative estimate of drug-likeness (QED) is 0.829. The highest BCUT2D eigenvalue weighted by molar-refractivity contribution is 6.31. The molecule has 0 spiro atoms. The molecule has 6 heteroatoms. The van der Waals surface area contributed by atoms with Gasteiger partial charge in [0.15, 0.2) is 0 Å². The number of nitrogens with two attached hydrogens (primary N) is 1. The number of hydrogen-bond acceptors (Lipinski definition) is 3. The molecule has 0 radical (unpaired) electrons. The lowest BCUT2D eigenvalue weighted by Crippen LogP contribution is -2.09. The van der Waals surface area contributed by atoms with Gasteiger partial charge >= 0.3 is 0 Å². The van der Waals surface area contributed by atoms with E-state index in [1.807, 2.05) is 0 Å². The van der Waals surface area contributed by atoms with Gasteiger partial charge < -0.3 is 15.0 Å². The first-order chi connectivity index (χ1) is 9.13. The molecule has 2 rings (SSSR count).